The lowest BCUT2D eigenvalue weighted by Gasteiger charge is -2.32. The van der Waals surface area contributed by atoms with E-state index in [1.807, 2.05) is 12.4 Å². The lowest BCUT2D eigenvalue weighted by molar-refractivity contribution is -0.141. The Kier molecular flexibility index (Phi) is 4.29. The second-order valence-electron chi connectivity index (χ2n) is 6.80. The van der Waals surface area contributed by atoms with Crippen molar-refractivity contribution in [1.82, 2.24) is 4.98 Å². The van der Waals surface area contributed by atoms with Gasteiger partial charge in [-0.15, -0.1) is 0 Å². The fourth-order valence-corrected chi connectivity index (χ4v) is 4.18. The highest BCUT2D eigenvalue weighted by Crippen LogP contribution is 2.52. The van der Waals surface area contributed by atoms with Crippen molar-refractivity contribution >= 4 is 5.97 Å². The second-order valence-corrected chi connectivity index (χ2v) is 6.80. The molecule has 2 aromatic carbocycles. The van der Waals surface area contributed by atoms with E-state index >= 15 is 0 Å². The molecule has 3 nitrogen and oxygen atoms in total. The van der Waals surface area contributed by atoms with Crippen LogP contribution in [-0.4, -0.2) is 17.6 Å². The first-order valence-electron chi connectivity index (χ1n) is 8.92. The van der Waals surface area contributed by atoms with Gasteiger partial charge in [0, 0.05) is 24.7 Å². The Morgan fingerprint density at radius 1 is 0.923 bits per heavy atom. The summed E-state index contributed by atoms with van der Waals surface area (Å²) in [7, 11) is 0. The van der Waals surface area contributed by atoms with Crippen LogP contribution in [0, 0.1) is 0 Å². The summed E-state index contributed by atoms with van der Waals surface area (Å²) in [6.07, 6.45) is 5.28. The Labute approximate surface area is 153 Å². The molecule has 1 aromatic heterocycles. The Balaban J connectivity index is 1.85. The Morgan fingerprint density at radius 3 is 2.08 bits per heavy atom. The number of rotatable bonds is 5. The molecular weight excluding hydrogens is 322 g/mol. The molecular formula is C23H21NO2. The molecule has 3 heteroatoms. The smallest absolute Gasteiger partial charge is 0.302 e. The summed E-state index contributed by atoms with van der Waals surface area (Å²) in [6.45, 7) is 1.87. The summed E-state index contributed by atoms with van der Waals surface area (Å²) >= 11 is 0. The van der Waals surface area contributed by atoms with Gasteiger partial charge in [-0.3, -0.25) is 9.78 Å². The summed E-state index contributed by atoms with van der Waals surface area (Å²) in [5, 5.41) is 0. The number of nitrogens with zero attached hydrogens (tertiary/aromatic N) is 1. The zero-order chi connectivity index (χ0) is 18.0. The predicted octanol–water partition coefficient (Wildman–Crippen LogP) is 4.54. The molecule has 130 valence electrons. The molecule has 3 aromatic rings. The van der Waals surface area contributed by atoms with Crippen molar-refractivity contribution in [2.75, 3.05) is 6.61 Å². The molecule has 0 bridgehead atoms. The average Bonchev–Trinajstić information content (AvgIpc) is 2.93. The van der Waals surface area contributed by atoms with Gasteiger partial charge in [0.2, 0.25) is 0 Å². The van der Waals surface area contributed by atoms with Gasteiger partial charge in [0.25, 0.3) is 0 Å². The van der Waals surface area contributed by atoms with Gasteiger partial charge in [0.05, 0.1) is 6.61 Å². The number of benzene rings is 2. The minimum absolute atomic E-state index is 0.204. The molecule has 0 fully saturated rings. The van der Waals surface area contributed by atoms with Crippen molar-refractivity contribution < 1.29 is 9.53 Å². The third kappa shape index (κ3) is 2.80. The number of pyridine rings is 1. The molecule has 0 aliphatic heterocycles. The number of carbonyl (C=O) groups excluding carboxylic acids is 1. The van der Waals surface area contributed by atoms with Crippen molar-refractivity contribution in [3.63, 3.8) is 0 Å². The van der Waals surface area contributed by atoms with Crippen LogP contribution < -0.4 is 0 Å². The minimum atomic E-state index is -0.233. The number of hydrogen-bond acceptors (Lipinski definition) is 3. The Bertz CT molecular complexity index is 888. The van der Waals surface area contributed by atoms with E-state index in [1.54, 1.807) is 0 Å². The van der Waals surface area contributed by atoms with E-state index in [0.29, 0.717) is 6.61 Å². The molecule has 0 saturated carbocycles. The molecule has 0 atom stereocenters. The molecule has 0 saturated heterocycles. The normalized spacial score (nSPS) is 13.7. The van der Waals surface area contributed by atoms with E-state index in [-0.39, 0.29) is 11.4 Å². The lowest BCUT2D eigenvalue weighted by Crippen LogP contribution is -2.30. The van der Waals surface area contributed by atoms with Gasteiger partial charge in [-0.2, -0.15) is 0 Å². The van der Waals surface area contributed by atoms with Gasteiger partial charge in [-0.1, -0.05) is 48.5 Å². The fourth-order valence-electron chi connectivity index (χ4n) is 4.18. The van der Waals surface area contributed by atoms with Gasteiger partial charge in [-0.05, 0) is 52.8 Å². The van der Waals surface area contributed by atoms with E-state index in [2.05, 4.69) is 65.6 Å². The highest BCUT2D eigenvalue weighted by atomic mass is 16.5. The van der Waals surface area contributed by atoms with Crippen molar-refractivity contribution in [1.29, 1.82) is 0 Å². The molecule has 0 radical (unpaired) electrons. The quantitative estimate of drug-likeness (QED) is 0.638. The Morgan fingerprint density at radius 2 is 1.50 bits per heavy atom. The fraction of sp³-hybridized carbons (Fsp3) is 0.217. The highest BCUT2D eigenvalue weighted by molar-refractivity contribution is 5.81. The van der Waals surface area contributed by atoms with E-state index in [4.69, 9.17) is 4.74 Å². The lowest BCUT2D eigenvalue weighted by atomic mass is 9.71. The van der Waals surface area contributed by atoms with E-state index in [0.717, 1.165) is 12.8 Å². The van der Waals surface area contributed by atoms with Gasteiger partial charge < -0.3 is 4.74 Å². The average molecular weight is 343 g/mol. The van der Waals surface area contributed by atoms with Crippen LogP contribution in [0.3, 0.4) is 0 Å². The van der Waals surface area contributed by atoms with Crippen molar-refractivity contribution in [2.45, 2.75) is 25.2 Å². The van der Waals surface area contributed by atoms with E-state index < -0.39 is 0 Å². The third-order valence-corrected chi connectivity index (χ3v) is 5.26. The van der Waals surface area contributed by atoms with E-state index in [9.17, 15) is 4.79 Å². The number of aromatic nitrogens is 1. The molecule has 0 amide bonds. The van der Waals surface area contributed by atoms with Crippen LogP contribution in [0.5, 0.6) is 0 Å². The van der Waals surface area contributed by atoms with Crippen molar-refractivity contribution in [3.05, 3.63) is 89.7 Å². The number of esters is 1. The standard InChI is InChI=1S/C23H21NO2/c1-17(25)26-15-12-23(16-18-10-13-24-14-11-18)21-8-4-2-6-19(21)20-7-3-5-9-22(20)23/h2-11,13-14H,12,15-16H2,1H3. The van der Waals surface area contributed by atoms with E-state index in [1.165, 1.54) is 34.7 Å². The SMILES string of the molecule is CC(=O)OCCC1(Cc2ccncc2)c2ccccc2-c2ccccc21. The topological polar surface area (TPSA) is 39.2 Å². The summed E-state index contributed by atoms with van der Waals surface area (Å²) < 4.78 is 5.35. The maximum Gasteiger partial charge on any atom is 0.302 e. The first-order valence-corrected chi connectivity index (χ1v) is 8.92. The largest absolute Gasteiger partial charge is 0.466 e. The van der Waals surface area contributed by atoms with Crippen LogP contribution >= 0.6 is 0 Å². The monoisotopic (exact) mass is 343 g/mol. The first-order chi connectivity index (χ1) is 12.7. The predicted molar refractivity (Wildman–Crippen MR) is 102 cm³/mol. The molecule has 0 unspecified atom stereocenters. The molecule has 0 N–H and O–H groups in total. The van der Waals surface area contributed by atoms with Crippen molar-refractivity contribution in [2.24, 2.45) is 0 Å². The highest BCUT2D eigenvalue weighted by Gasteiger charge is 2.42. The second kappa shape index (κ2) is 6.75. The van der Waals surface area contributed by atoms with Gasteiger partial charge in [-0.25, -0.2) is 0 Å². The van der Waals surface area contributed by atoms with Crippen LogP contribution in [0.15, 0.2) is 73.1 Å². The van der Waals surface area contributed by atoms with Crippen LogP contribution in [0.4, 0.5) is 0 Å². The number of carbonyl (C=O) groups is 1. The Hall–Kier alpha value is -2.94. The van der Waals surface area contributed by atoms with Crippen LogP contribution in [0.2, 0.25) is 0 Å². The molecule has 26 heavy (non-hydrogen) atoms. The zero-order valence-corrected chi connectivity index (χ0v) is 14.8. The minimum Gasteiger partial charge on any atom is -0.466 e. The van der Waals surface area contributed by atoms with Gasteiger partial charge in [0.15, 0.2) is 0 Å². The van der Waals surface area contributed by atoms with Crippen LogP contribution in [0.1, 0.15) is 30.0 Å². The first kappa shape index (κ1) is 16.5. The summed E-state index contributed by atoms with van der Waals surface area (Å²) in [4.78, 5) is 15.5. The zero-order valence-electron chi connectivity index (χ0n) is 14.8. The summed E-state index contributed by atoms with van der Waals surface area (Å²) in [5.41, 5.74) is 6.20. The van der Waals surface area contributed by atoms with Gasteiger partial charge >= 0.3 is 5.97 Å². The van der Waals surface area contributed by atoms with Gasteiger partial charge in [0.1, 0.15) is 0 Å². The summed E-state index contributed by atoms with van der Waals surface area (Å²) in [6, 6.07) is 21.3. The van der Waals surface area contributed by atoms with Crippen LogP contribution in [0.25, 0.3) is 11.1 Å². The number of ether oxygens (including phenoxy) is 1. The molecule has 4 rings (SSSR count). The molecule has 1 aliphatic rings. The number of hydrogen-bond donors (Lipinski definition) is 0. The third-order valence-electron chi connectivity index (χ3n) is 5.26. The maximum absolute atomic E-state index is 11.3. The van der Waals surface area contributed by atoms with Crippen molar-refractivity contribution in [3.8, 4) is 11.1 Å². The molecule has 1 aliphatic carbocycles. The summed E-state index contributed by atoms with van der Waals surface area (Å²) in [5.74, 6) is -0.233. The number of fused-ring (bicyclic) bond motifs is 3. The molecule has 0 spiro atoms. The molecule has 1 heterocycles. The maximum atomic E-state index is 11.3. The van der Waals surface area contributed by atoms with Crippen LogP contribution in [-0.2, 0) is 21.4 Å².